The molecule has 2 N–H and O–H groups in total. The highest BCUT2D eigenvalue weighted by molar-refractivity contribution is 5.97. The van der Waals surface area contributed by atoms with Gasteiger partial charge in [-0.3, -0.25) is 25.8 Å². The fraction of sp³-hybridized carbons (Fsp3) is 0.389. The van der Waals surface area contributed by atoms with Gasteiger partial charge in [0.05, 0.1) is 17.6 Å². The van der Waals surface area contributed by atoms with Gasteiger partial charge < -0.3 is 9.64 Å². The zero-order chi connectivity index (χ0) is 20.1. The Morgan fingerprint density at radius 1 is 1.32 bits per heavy atom. The molecule has 1 aliphatic rings. The fourth-order valence-corrected chi connectivity index (χ4v) is 3.27. The predicted octanol–water partition coefficient (Wildman–Crippen LogP) is 2.53. The highest BCUT2D eigenvalue weighted by Gasteiger charge is 2.31. The van der Waals surface area contributed by atoms with Gasteiger partial charge in [0.2, 0.25) is 11.6 Å². The van der Waals surface area contributed by atoms with Crippen LogP contribution in [-0.2, 0) is 0 Å². The highest BCUT2D eigenvalue weighted by atomic mass is 16.6. The number of hydrogen-bond acceptors (Lipinski definition) is 8. The Balaban J connectivity index is 1.85. The smallest absolute Gasteiger partial charge is 0.355 e. The van der Waals surface area contributed by atoms with Crippen LogP contribution in [0.15, 0.2) is 30.6 Å². The second-order valence-corrected chi connectivity index (χ2v) is 6.47. The molecule has 10 heteroatoms. The van der Waals surface area contributed by atoms with Crippen molar-refractivity contribution < 1.29 is 14.5 Å². The van der Waals surface area contributed by atoms with E-state index in [9.17, 15) is 14.9 Å². The molecule has 1 aromatic carbocycles. The number of nitrogens with zero attached hydrogens (tertiary/aromatic N) is 4. The van der Waals surface area contributed by atoms with Gasteiger partial charge >= 0.3 is 5.69 Å². The summed E-state index contributed by atoms with van der Waals surface area (Å²) in [5, 5.41) is 11.7. The molecular formula is C18H22N6O4. The second-order valence-electron chi connectivity index (χ2n) is 6.47. The van der Waals surface area contributed by atoms with Crippen molar-refractivity contribution in [3.05, 3.63) is 46.3 Å². The zero-order valence-corrected chi connectivity index (χ0v) is 15.7. The summed E-state index contributed by atoms with van der Waals surface area (Å²) in [4.78, 5) is 33.7. The minimum atomic E-state index is -0.533. The van der Waals surface area contributed by atoms with Crippen molar-refractivity contribution in [1.82, 2.24) is 15.4 Å². The van der Waals surface area contributed by atoms with Gasteiger partial charge in [-0.15, -0.1) is 0 Å². The minimum Gasteiger partial charge on any atom is -0.496 e. The first-order chi connectivity index (χ1) is 13.5. The summed E-state index contributed by atoms with van der Waals surface area (Å²) in [6, 6.07) is 6.81. The molecule has 148 valence electrons. The van der Waals surface area contributed by atoms with Gasteiger partial charge in [0.1, 0.15) is 12.1 Å². The maximum atomic E-state index is 12.4. The third kappa shape index (κ3) is 3.95. The number of methoxy groups -OCH3 is 1. The highest BCUT2D eigenvalue weighted by Crippen LogP contribution is 2.34. The van der Waals surface area contributed by atoms with Crippen LogP contribution in [0, 0.1) is 10.1 Å². The van der Waals surface area contributed by atoms with Crippen LogP contribution < -0.4 is 20.5 Å². The largest absolute Gasteiger partial charge is 0.496 e. The molecule has 0 spiro atoms. The lowest BCUT2D eigenvalue weighted by molar-refractivity contribution is -0.383. The third-order valence-electron chi connectivity index (χ3n) is 4.71. The van der Waals surface area contributed by atoms with Crippen LogP contribution in [0.4, 0.5) is 17.3 Å². The number of rotatable bonds is 6. The summed E-state index contributed by atoms with van der Waals surface area (Å²) >= 11 is 0. The van der Waals surface area contributed by atoms with Crippen LogP contribution in [0.2, 0.25) is 0 Å². The standard InChI is InChI=1S/C18H22N6O4/c1-12-7-5-6-10-23(12)17-15(24(26)27)16(19-11-20-17)21-22-18(25)13-8-3-4-9-14(13)28-2/h3-4,8-9,11-12H,5-7,10H2,1-2H3,(H,22,25)(H,19,20,21). The molecule has 1 aliphatic heterocycles. The van der Waals surface area contributed by atoms with Crippen LogP contribution in [-0.4, -0.2) is 40.5 Å². The number of amides is 1. The van der Waals surface area contributed by atoms with E-state index in [2.05, 4.69) is 20.8 Å². The molecule has 1 aromatic heterocycles. The van der Waals surface area contributed by atoms with Crippen molar-refractivity contribution in [3.63, 3.8) is 0 Å². The fourth-order valence-electron chi connectivity index (χ4n) is 3.27. The Hall–Kier alpha value is -3.43. The lowest BCUT2D eigenvalue weighted by Gasteiger charge is -2.33. The maximum absolute atomic E-state index is 12.4. The Kier molecular flexibility index (Phi) is 5.87. The third-order valence-corrected chi connectivity index (χ3v) is 4.71. The van der Waals surface area contributed by atoms with Crippen molar-refractivity contribution in [2.24, 2.45) is 0 Å². The van der Waals surface area contributed by atoms with Gasteiger partial charge in [-0.05, 0) is 38.3 Å². The molecule has 0 saturated carbocycles. The number of carbonyl (C=O) groups is 1. The van der Waals surface area contributed by atoms with Crippen LogP contribution >= 0.6 is 0 Å². The molecule has 2 heterocycles. The number of nitrogens with one attached hydrogen (secondary N) is 2. The molecule has 10 nitrogen and oxygen atoms in total. The van der Waals surface area contributed by atoms with Crippen molar-refractivity contribution in [1.29, 1.82) is 0 Å². The van der Waals surface area contributed by atoms with Gasteiger partial charge in [0.15, 0.2) is 0 Å². The molecule has 1 saturated heterocycles. The quantitative estimate of drug-likeness (QED) is 0.573. The summed E-state index contributed by atoms with van der Waals surface area (Å²) in [7, 11) is 1.46. The number of carbonyl (C=O) groups excluding carboxylic acids is 1. The molecule has 1 amide bonds. The first-order valence-electron chi connectivity index (χ1n) is 8.98. The molecule has 1 unspecified atom stereocenters. The van der Waals surface area contributed by atoms with E-state index < -0.39 is 10.8 Å². The van der Waals surface area contributed by atoms with E-state index in [1.807, 2.05) is 11.8 Å². The number of benzene rings is 1. The summed E-state index contributed by atoms with van der Waals surface area (Å²) in [6.45, 7) is 2.70. The average Bonchev–Trinajstić information content (AvgIpc) is 2.71. The van der Waals surface area contributed by atoms with Gasteiger partial charge in [-0.25, -0.2) is 9.97 Å². The van der Waals surface area contributed by atoms with Crippen LogP contribution in [0.3, 0.4) is 0 Å². The zero-order valence-electron chi connectivity index (χ0n) is 15.7. The number of piperidine rings is 1. The molecular weight excluding hydrogens is 364 g/mol. The van der Waals surface area contributed by atoms with E-state index in [4.69, 9.17) is 4.74 Å². The number of hydrazine groups is 1. The van der Waals surface area contributed by atoms with Gasteiger partial charge in [0, 0.05) is 12.6 Å². The van der Waals surface area contributed by atoms with E-state index in [0.29, 0.717) is 17.9 Å². The van der Waals surface area contributed by atoms with Gasteiger partial charge in [0.25, 0.3) is 5.91 Å². The lowest BCUT2D eigenvalue weighted by Crippen LogP contribution is -2.38. The average molecular weight is 386 g/mol. The maximum Gasteiger partial charge on any atom is 0.355 e. The molecule has 1 fully saturated rings. The Morgan fingerprint density at radius 3 is 2.82 bits per heavy atom. The van der Waals surface area contributed by atoms with E-state index in [1.54, 1.807) is 24.3 Å². The van der Waals surface area contributed by atoms with Gasteiger partial charge in [-0.2, -0.15) is 0 Å². The number of para-hydroxylation sites is 1. The topological polar surface area (TPSA) is 123 Å². The number of anilines is 2. The molecule has 0 bridgehead atoms. The summed E-state index contributed by atoms with van der Waals surface area (Å²) in [5.41, 5.74) is 5.03. The van der Waals surface area contributed by atoms with Crippen molar-refractivity contribution in [2.45, 2.75) is 32.2 Å². The molecule has 3 rings (SSSR count). The van der Waals surface area contributed by atoms with Crippen molar-refractivity contribution in [3.8, 4) is 5.75 Å². The molecule has 2 aromatic rings. The SMILES string of the molecule is COc1ccccc1C(=O)NNc1ncnc(N2CCCCC2C)c1[N+](=O)[O-]. The number of nitro groups is 1. The predicted molar refractivity (Wildman–Crippen MR) is 103 cm³/mol. The second kappa shape index (κ2) is 8.51. The van der Waals surface area contributed by atoms with E-state index in [-0.39, 0.29) is 23.4 Å². The minimum absolute atomic E-state index is 0.0731. The van der Waals surface area contributed by atoms with Crippen LogP contribution in [0.5, 0.6) is 5.75 Å². The van der Waals surface area contributed by atoms with Crippen molar-refractivity contribution >= 4 is 23.2 Å². The van der Waals surface area contributed by atoms with E-state index >= 15 is 0 Å². The van der Waals surface area contributed by atoms with Crippen LogP contribution in [0.25, 0.3) is 0 Å². The first-order valence-corrected chi connectivity index (χ1v) is 8.98. The van der Waals surface area contributed by atoms with E-state index in [1.165, 1.54) is 13.4 Å². The number of hydrogen-bond donors (Lipinski definition) is 2. The van der Waals surface area contributed by atoms with Crippen molar-refractivity contribution in [2.75, 3.05) is 24.0 Å². The molecule has 0 radical (unpaired) electrons. The Bertz CT molecular complexity index is 875. The first kappa shape index (κ1) is 19.3. The number of aromatic nitrogens is 2. The summed E-state index contributed by atoms with van der Waals surface area (Å²) < 4.78 is 5.16. The van der Waals surface area contributed by atoms with Crippen LogP contribution in [0.1, 0.15) is 36.5 Å². The molecule has 0 aliphatic carbocycles. The molecule has 28 heavy (non-hydrogen) atoms. The molecule has 1 atom stereocenters. The normalized spacial score (nSPS) is 16.4. The lowest BCUT2D eigenvalue weighted by atomic mass is 10.0. The summed E-state index contributed by atoms with van der Waals surface area (Å²) in [6.07, 6.45) is 4.21. The van der Waals surface area contributed by atoms with E-state index in [0.717, 1.165) is 19.3 Å². The monoisotopic (exact) mass is 386 g/mol. The summed E-state index contributed by atoms with van der Waals surface area (Å²) in [5.74, 6) is 0.0670. The Labute approximate surface area is 162 Å². The Morgan fingerprint density at radius 2 is 2.11 bits per heavy atom. The van der Waals surface area contributed by atoms with Gasteiger partial charge in [-0.1, -0.05) is 12.1 Å². The number of ether oxygens (including phenoxy) is 1.